The second kappa shape index (κ2) is 8.34. The van der Waals surface area contributed by atoms with Gasteiger partial charge in [0.2, 0.25) is 0 Å². The quantitative estimate of drug-likeness (QED) is 0.503. The molecule has 3 aliphatic rings. The second-order valence-electron chi connectivity index (χ2n) is 10.2. The lowest BCUT2D eigenvalue weighted by Crippen LogP contribution is -2.52. The Bertz CT molecular complexity index is 1490. The largest absolute Gasteiger partial charge is 0.402 e. The van der Waals surface area contributed by atoms with E-state index >= 15 is 0 Å². The van der Waals surface area contributed by atoms with Crippen LogP contribution in [0, 0.1) is 23.5 Å². The number of nitrogens with zero attached hydrogens (tertiary/aromatic N) is 3. The summed E-state index contributed by atoms with van der Waals surface area (Å²) in [6.07, 6.45) is 1.16. The van der Waals surface area contributed by atoms with Crippen molar-refractivity contribution in [1.29, 1.82) is 0 Å². The Morgan fingerprint density at radius 2 is 1.73 bits per heavy atom. The van der Waals surface area contributed by atoms with Crippen LogP contribution in [0.25, 0.3) is 16.9 Å². The highest BCUT2D eigenvalue weighted by atomic mass is 32.2. The molecule has 2 bridgehead atoms. The Balaban J connectivity index is 1.29. The van der Waals surface area contributed by atoms with Crippen molar-refractivity contribution < 1.29 is 30.4 Å². The molecule has 1 spiro atoms. The van der Waals surface area contributed by atoms with Crippen molar-refractivity contribution in [3.63, 3.8) is 0 Å². The van der Waals surface area contributed by atoms with Gasteiger partial charge in [-0.2, -0.15) is 30.6 Å². The van der Waals surface area contributed by atoms with Gasteiger partial charge >= 0.3 is 6.18 Å². The van der Waals surface area contributed by atoms with Crippen LogP contribution in [0.15, 0.2) is 48.9 Å². The lowest BCUT2D eigenvalue weighted by Gasteiger charge is -2.33. The Labute approximate surface area is 210 Å². The van der Waals surface area contributed by atoms with E-state index < -0.39 is 40.1 Å². The first-order chi connectivity index (χ1) is 17.4. The molecule has 1 aliphatic heterocycles. The Hall–Kier alpha value is -2.83. The van der Waals surface area contributed by atoms with Crippen molar-refractivity contribution in [2.75, 3.05) is 13.1 Å². The summed E-state index contributed by atoms with van der Waals surface area (Å²) in [7, 11) is -4.24. The first-order valence-corrected chi connectivity index (χ1v) is 13.3. The van der Waals surface area contributed by atoms with Gasteiger partial charge in [0.15, 0.2) is 11.6 Å². The molecule has 1 saturated carbocycles. The van der Waals surface area contributed by atoms with Gasteiger partial charge in [-0.3, -0.25) is 0 Å². The van der Waals surface area contributed by atoms with Crippen molar-refractivity contribution in [2.45, 2.75) is 37.4 Å². The lowest BCUT2D eigenvalue weighted by molar-refractivity contribution is -0.136. The zero-order valence-electron chi connectivity index (χ0n) is 19.5. The molecule has 196 valence electrons. The van der Waals surface area contributed by atoms with E-state index in [-0.39, 0.29) is 18.4 Å². The molecule has 1 N–H and O–H groups in total. The monoisotopic (exact) mass is 538 g/mol. The summed E-state index contributed by atoms with van der Waals surface area (Å²) >= 11 is 0. The normalized spacial score (nSPS) is 26.9. The first-order valence-electron chi connectivity index (χ1n) is 11.9. The average Bonchev–Trinajstić information content (AvgIpc) is 3.45. The van der Waals surface area contributed by atoms with E-state index in [1.165, 1.54) is 12.4 Å². The van der Waals surface area contributed by atoms with Crippen LogP contribution in [-0.2, 0) is 23.1 Å². The number of imidazole rings is 1. The summed E-state index contributed by atoms with van der Waals surface area (Å²) in [5.41, 5.74) is 2.97. The van der Waals surface area contributed by atoms with Crippen LogP contribution in [0.2, 0.25) is 0 Å². The number of rotatable bonds is 3. The highest BCUT2D eigenvalue weighted by Gasteiger charge is 2.60. The molecule has 3 aromatic rings. The van der Waals surface area contributed by atoms with Gasteiger partial charge in [0.25, 0.3) is 10.2 Å². The second-order valence-corrected chi connectivity index (χ2v) is 11.8. The molecule has 6 nitrogen and oxygen atoms in total. The van der Waals surface area contributed by atoms with Gasteiger partial charge < -0.3 is 4.57 Å². The summed E-state index contributed by atoms with van der Waals surface area (Å²) in [5, 5.41) is 0. The molecule has 2 heterocycles. The molecule has 12 heteroatoms. The van der Waals surface area contributed by atoms with E-state index in [0.29, 0.717) is 28.5 Å². The predicted octanol–water partition coefficient (Wildman–Crippen LogP) is 4.39. The van der Waals surface area contributed by atoms with Gasteiger partial charge in [-0.05, 0) is 66.8 Å². The minimum absolute atomic E-state index is 0.106. The number of nitrogens with one attached hydrogen (secondary N) is 1. The highest BCUT2D eigenvalue weighted by Crippen LogP contribution is 2.50. The number of halogens is 5. The molecular weight excluding hydrogens is 515 g/mol. The number of benzene rings is 2. The van der Waals surface area contributed by atoms with Crippen molar-refractivity contribution in [1.82, 2.24) is 18.6 Å². The van der Waals surface area contributed by atoms with Gasteiger partial charge in [-0.25, -0.2) is 13.8 Å². The number of alkyl halides is 3. The lowest BCUT2D eigenvalue weighted by atomic mass is 9.79. The van der Waals surface area contributed by atoms with Gasteiger partial charge in [-0.15, -0.1) is 0 Å². The van der Waals surface area contributed by atoms with Gasteiger partial charge in [0.1, 0.15) is 6.54 Å². The summed E-state index contributed by atoms with van der Waals surface area (Å²) in [5.74, 6) is -2.14. The highest BCUT2D eigenvalue weighted by molar-refractivity contribution is 7.87. The van der Waals surface area contributed by atoms with Crippen LogP contribution in [0.1, 0.15) is 24.0 Å². The van der Waals surface area contributed by atoms with Gasteiger partial charge in [0.05, 0.1) is 17.6 Å². The van der Waals surface area contributed by atoms with Crippen LogP contribution in [-0.4, -0.2) is 47.1 Å². The smallest absolute Gasteiger partial charge is 0.306 e. The summed E-state index contributed by atoms with van der Waals surface area (Å²) in [6, 6.07) is 9.42. The summed E-state index contributed by atoms with van der Waals surface area (Å²) in [4.78, 5) is 4.41. The third-order valence-electron chi connectivity index (χ3n) is 7.99. The van der Waals surface area contributed by atoms with E-state index in [4.69, 9.17) is 0 Å². The van der Waals surface area contributed by atoms with Crippen LogP contribution >= 0.6 is 0 Å². The fraction of sp³-hybridized carbons (Fsp3) is 0.400. The Kier molecular flexibility index (Phi) is 5.52. The van der Waals surface area contributed by atoms with Crippen molar-refractivity contribution >= 4 is 10.2 Å². The zero-order chi connectivity index (χ0) is 26.2. The summed E-state index contributed by atoms with van der Waals surface area (Å²) in [6.45, 7) is -1.69. The molecule has 1 saturated heterocycles. The van der Waals surface area contributed by atoms with Crippen molar-refractivity contribution in [3.05, 3.63) is 71.7 Å². The fourth-order valence-corrected chi connectivity index (χ4v) is 7.97. The van der Waals surface area contributed by atoms with Crippen LogP contribution in [0.4, 0.5) is 22.0 Å². The van der Waals surface area contributed by atoms with E-state index in [1.807, 2.05) is 18.2 Å². The van der Waals surface area contributed by atoms with Crippen LogP contribution < -0.4 is 4.72 Å². The number of hydrogen-bond acceptors (Lipinski definition) is 3. The van der Waals surface area contributed by atoms with Crippen LogP contribution in [0.3, 0.4) is 0 Å². The standard InChI is InChI=1S/C25H23F5N4O2S/c26-21-6-5-20(10-22(21)27)33-11-23(31-14-33)16-2-1-15-8-18-3-4-19(9-17(15)7-16)24(18)12-34(13-25(28,29)30)37(35,36)32-24/h1-2,5-7,10-11,14,18-19,32H,3-4,8-9,12-13H2/t18-,19+,24-/m1/s1. The average molecular weight is 539 g/mol. The van der Waals surface area contributed by atoms with Crippen molar-refractivity contribution in [3.8, 4) is 16.9 Å². The van der Waals surface area contributed by atoms with Gasteiger partial charge in [0, 0.05) is 30.1 Å². The maximum Gasteiger partial charge on any atom is 0.402 e. The van der Waals surface area contributed by atoms with E-state index in [9.17, 15) is 30.4 Å². The number of fused-ring (bicyclic) bond motifs is 1. The number of aromatic nitrogens is 2. The molecule has 2 fully saturated rings. The molecule has 0 amide bonds. The molecule has 2 aromatic carbocycles. The minimum atomic E-state index is -4.62. The maximum absolute atomic E-state index is 13.7. The van der Waals surface area contributed by atoms with Gasteiger partial charge in [-0.1, -0.05) is 12.1 Å². The fourth-order valence-electron chi connectivity index (χ4n) is 6.26. The third-order valence-corrected chi connectivity index (χ3v) is 9.57. The molecular formula is C25H23F5N4O2S. The molecule has 1 aromatic heterocycles. The molecule has 0 unspecified atom stereocenters. The number of hydrogen-bond donors (Lipinski definition) is 1. The summed E-state index contributed by atoms with van der Waals surface area (Å²) < 4.78 is 96.4. The molecule has 37 heavy (non-hydrogen) atoms. The van der Waals surface area contributed by atoms with E-state index in [0.717, 1.165) is 41.7 Å². The van der Waals surface area contributed by atoms with E-state index in [2.05, 4.69) is 9.71 Å². The Morgan fingerprint density at radius 3 is 2.43 bits per heavy atom. The Morgan fingerprint density at radius 1 is 1.00 bits per heavy atom. The van der Waals surface area contributed by atoms with E-state index in [1.54, 1.807) is 10.8 Å². The minimum Gasteiger partial charge on any atom is -0.306 e. The topological polar surface area (TPSA) is 67.2 Å². The first kappa shape index (κ1) is 24.5. The third kappa shape index (κ3) is 4.24. The molecule has 3 atom stereocenters. The maximum atomic E-state index is 13.7. The van der Waals surface area contributed by atoms with Crippen LogP contribution in [0.5, 0.6) is 0 Å². The van der Waals surface area contributed by atoms with Crippen molar-refractivity contribution in [2.24, 2.45) is 11.8 Å². The zero-order valence-corrected chi connectivity index (χ0v) is 20.3. The molecule has 2 aliphatic carbocycles. The molecule has 0 radical (unpaired) electrons. The predicted molar refractivity (Wildman–Crippen MR) is 125 cm³/mol. The molecule has 6 rings (SSSR count). The SMILES string of the molecule is O=S1(=O)N[C@]2(CN1CC(F)(F)F)[C@@H]1CC[C@H]2Cc2cc(-c3cn(-c4ccc(F)c(F)c4)cn3)ccc2C1.